The molecule has 0 saturated carbocycles. The third-order valence-electron chi connectivity index (χ3n) is 3.41. The third-order valence-corrected chi connectivity index (χ3v) is 3.41. The number of likely N-dealkylation sites (tertiary alicyclic amines) is 1. The second kappa shape index (κ2) is 6.33. The van der Waals surface area contributed by atoms with Gasteiger partial charge in [-0.05, 0) is 46.1 Å². The molecule has 0 radical (unpaired) electrons. The molecule has 1 fully saturated rings. The molecular weight excluding hydrogens is 260 g/mol. The van der Waals surface area contributed by atoms with Crippen molar-refractivity contribution in [3.05, 3.63) is 10.4 Å². The van der Waals surface area contributed by atoms with Crippen molar-refractivity contribution in [2.45, 2.75) is 51.7 Å². The van der Waals surface area contributed by atoms with Crippen LogP contribution in [0.3, 0.4) is 0 Å². The zero-order chi connectivity index (χ0) is 15.4. The van der Waals surface area contributed by atoms with E-state index in [-0.39, 0.29) is 18.6 Å². The second-order valence-electron chi connectivity index (χ2n) is 6.51. The predicted molar refractivity (Wildman–Crippen MR) is 75.2 cm³/mol. The van der Waals surface area contributed by atoms with Crippen LogP contribution in [-0.2, 0) is 4.74 Å². The lowest BCUT2D eigenvalue weighted by molar-refractivity contribution is -0.0339. The lowest BCUT2D eigenvalue weighted by Crippen LogP contribution is -2.50. The molecule has 2 atom stereocenters. The first-order chi connectivity index (χ1) is 9.15. The number of amides is 1. The molecule has 0 aromatic rings. The van der Waals surface area contributed by atoms with E-state index in [9.17, 15) is 9.90 Å². The summed E-state index contributed by atoms with van der Waals surface area (Å²) in [6.45, 7) is 8.17. The summed E-state index contributed by atoms with van der Waals surface area (Å²) in [6.07, 6.45) is 1.24. The number of nitrogens with zero attached hydrogens (tertiary/aromatic N) is 4. The molecule has 7 nitrogen and oxygen atoms in total. The minimum absolute atomic E-state index is 0.0102. The van der Waals surface area contributed by atoms with Gasteiger partial charge in [-0.2, -0.15) is 0 Å². The maximum absolute atomic E-state index is 12.0. The van der Waals surface area contributed by atoms with Crippen LogP contribution in [0, 0.1) is 5.92 Å². The SMILES string of the molecule is CC(C)(C)OC(=O)N1CCC[C@@H]([C@@](C)(O)CN=[N+]=[N-])C1. The van der Waals surface area contributed by atoms with Gasteiger partial charge in [-0.1, -0.05) is 5.11 Å². The highest BCUT2D eigenvalue weighted by molar-refractivity contribution is 5.68. The van der Waals surface area contributed by atoms with Gasteiger partial charge in [0.25, 0.3) is 0 Å². The predicted octanol–water partition coefficient (Wildman–Crippen LogP) is 2.69. The molecule has 1 saturated heterocycles. The molecule has 20 heavy (non-hydrogen) atoms. The van der Waals surface area contributed by atoms with Crippen LogP contribution in [0.4, 0.5) is 4.79 Å². The summed E-state index contributed by atoms with van der Waals surface area (Å²) < 4.78 is 5.34. The maximum Gasteiger partial charge on any atom is 0.410 e. The summed E-state index contributed by atoms with van der Waals surface area (Å²) in [6, 6.07) is 0. The molecule has 114 valence electrons. The molecule has 1 heterocycles. The largest absolute Gasteiger partial charge is 0.444 e. The van der Waals surface area contributed by atoms with Gasteiger partial charge in [0.15, 0.2) is 0 Å². The lowest BCUT2D eigenvalue weighted by Gasteiger charge is -2.40. The second-order valence-corrected chi connectivity index (χ2v) is 6.51. The third kappa shape index (κ3) is 4.90. The van der Waals surface area contributed by atoms with E-state index >= 15 is 0 Å². The first kappa shape index (κ1) is 16.6. The lowest BCUT2D eigenvalue weighted by atomic mass is 9.83. The summed E-state index contributed by atoms with van der Waals surface area (Å²) in [5.74, 6) is -0.116. The summed E-state index contributed by atoms with van der Waals surface area (Å²) >= 11 is 0. The number of carbonyl (C=O) groups excluding carboxylic acids is 1. The van der Waals surface area contributed by atoms with Gasteiger partial charge in [0.05, 0.1) is 12.1 Å². The first-order valence-electron chi connectivity index (χ1n) is 6.87. The Bertz CT molecular complexity index is 397. The Morgan fingerprint density at radius 2 is 2.15 bits per heavy atom. The van der Waals surface area contributed by atoms with E-state index in [0.717, 1.165) is 12.8 Å². The van der Waals surface area contributed by atoms with Gasteiger partial charge in [-0.25, -0.2) is 4.79 Å². The quantitative estimate of drug-likeness (QED) is 0.490. The van der Waals surface area contributed by atoms with Crippen LogP contribution in [0.5, 0.6) is 0 Å². The molecule has 0 spiro atoms. The number of rotatable bonds is 3. The molecule has 7 heteroatoms. The zero-order valence-electron chi connectivity index (χ0n) is 12.7. The van der Waals surface area contributed by atoms with E-state index in [1.54, 1.807) is 11.8 Å². The van der Waals surface area contributed by atoms with Gasteiger partial charge in [-0.3, -0.25) is 0 Å². The summed E-state index contributed by atoms with van der Waals surface area (Å²) in [7, 11) is 0. The van der Waals surface area contributed by atoms with Crippen molar-refractivity contribution in [1.29, 1.82) is 0 Å². The molecule has 0 aromatic heterocycles. The van der Waals surface area contributed by atoms with Crippen molar-refractivity contribution in [1.82, 2.24) is 4.90 Å². The smallest absolute Gasteiger partial charge is 0.410 e. The molecule has 0 aromatic carbocycles. The van der Waals surface area contributed by atoms with E-state index in [4.69, 9.17) is 10.3 Å². The number of carbonyl (C=O) groups is 1. The van der Waals surface area contributed by atoms with Crippen LogP contribution in [0.25, 0.3) is 10.4 Å². The van der Waals surface area contributed by atoms with Crippen molar-refractivity contribution >= 4 is 6.09 Å². The van der Waals surface area contributed by atoms with Gasteiger partial charge in [0.2, 0.25) is 0 Å². The molecule has 0 unspecified atom stereocenters. The van der Waals surface area contributed by atoms with E-state index in [0.29, 0.717) is 13.1 Å². The number of hydrogen-bond donors (Lipinski definition) is 1. The zero-order valence-corrected chi connectivity index (χ0v) is 12.7. The van der Waals surface area contributed by atoms with Crippen molar-refractivity contribution < 1.29 is 14.6 Å². The molecule has 0 bridgehead atoms. The Kier molecular flexibility index (Phi) is 5.25. The van der Waals surface area contributed by atoms with Gasteiger partial charge in [0, 0.05) is 23.9 Å². The summed E-state index contributed by atoms with van der Waals surface area (Å²) in [5.41, 5.74) is 6.72. The van der Waals surface area contributed by atoms with Crippen molar-refractivity contribution in [3.63, 3.8) is 0 Å². The molecule has 1 amide bonds. The molecular formula is C13H24N4O3. The standard InChI is InChI=1S/C13H24N4O3/c1-12(2,3)20-11(18)17-7-5-6-10(8-17)13(4,19)9-15-16-14/h10,19H,5-9H2,1-4H3/t10-,13+/m1/s1. The highest BCUT2D eigenvalue weighted by Crippen LogP contribution is 2.28. The topological polar surface area (TPSA) is 98.5 Å². The summed E-state index contributed by atoms with van der Waals surface area (Å²) in [5, 5.41) is 13.8. The minimum atomic E-state index is -1.10. The van der Waals surface area contributed by atoms with Crippen LogP contribution in [0.2, 0.25) is 0 Å². The van der Waals surface area contributed by atoms with Crippen LogP contribution in [-0.4, -0.2) is 46.9 Å². The number of hydrogen-bond acceptors (Lipinski definition) is 4. The highest BCUT2D eigenvalue weighted by Gasteiger charge is 2.37. The van der Waals surface area contributed by atoms with Crippen LogP contribution >= 0.6 is 0 Å². The Morgan fingerprint density at radius 3 is 2.70 bits per heavy atom. The highest BCUT2D eigenvalue weighted by atomic mass is 16.6. The van der Waals surface area contributed by atoms with Gasteiger partial charge >= 0.3 is 6.09 Å². The number of azide groups is 1. The summed E-state index contributed by atoms with van der Waals surface area (Å²) in [4.78, 5) is 16.3. The van der Waals surface area contributed by atoms with E-state index in [1.165, 1.54) is 0 Å². The average Bonchev–Trinajstić information content (AvgIpc) is 2.34. The van der Waals surface area contributed by atoms with Crippen molar-refractivity contribution in [2.75, 3.05) is 19.6 Å². The molecule has 1 rings (SSSR count). The van der Waals surface area contributed by atoms with Crippen molar-refractivity contribution in [2.24, 2.45) is 11.0 Å². The molecule has 1 aliphatic heterocycles. The fraction of sp³-hybridized carbons (Fsp3) is 0.923. The fourth-order valence-electron chi connectivity index (χ4n) is 2.28. The molecule has 0 aliphatic carbocycles. The Balaban J connectivity index is 2.66. The van der Waals surface area contributed by atoms with Gasteiger partial charge in [0.1, 0.15) is 5.60 Å². The van der Waals surface area contributed by atoms with E-state index < -0.39 is 11.2 Å². The Labute approximate surface area is 119 Å². The maximum atomic E-state index is 12.0. The number of ether oxygens (including phenoxy) is 1. The number of aliphatic hydroxyl groups is 1. The number of piperidine rings is 1. The molecule has 1 N–H and O–H groups in total. The Morgan fingerprint density at radius 1 is 1.50 bits per heavy atom. The normalized spacial score (nSPS) is 22.6. The van der Waals surface area contributed by atoms with Crippen LogP contribution < -0.4 is 0 Å². The fourth-order valence-corrected chi connectivity index (χ4v) is 2.28. The average molecular weight is 284 g/mol. The monoisotopic (exact) mass is 284 g/mol. The van der Waals surface area contributed by atoms with Gasteiger partial charge < -0.3 is 14.7 Å². The Hall–Kier alpha value is -1.46. The van der Waals surface area contributed by atoms with Gasteiger partial charge in [-0.15, -0.1) is 0 Å². The minimum Gasteiger partial charge on any atom is -0.444 e. The van der Waals surface area contributed by atoms with Crippen molar-refractivity contribution in [3.8, 4) is 0 Å². The van der Waals surface area contributed by atoms with Crippen LogP contribution in [0.15, 0.2) is 5.11 Å². The van der Waals surface area contributed by atoms with E-state index in [2.05, 4.69) is 10.0 Å². The van der Waals surface area contributed by atoms with Crippen LogP contribution in [0.1, 0.15) is 40.5 Å². The first-order valence-corrected chi connectivity index (χ1v) is 6.87. The molecule has 1 aliphatic rings. The van der Waals surface area contributed by atoms with E-state index in [1.807, 2.05) is 20.8 Å².